The van der Waals surface area contributed by atoms with Crippen LogP contribution in [0.5, 0.6) is 0 Å². The maximum absolute atomic E-state index is 12.4. The minimum atomic E-state index is -3.75. The van der Waals surface area contributed by atoms with E-state index in [9.17, 15) is 13.2 Å². The molecule has 1 aromatic heterocycles. The molecule has 6 nitrogen and oxygen atoms in total. The highest BCUT2D eigenvalue weighted by Gasteiger charge is 2.20. The Balaban J connectivity index is 1.78. The Bertz CT molecular complexity index is 1030. The third kappa shape index (κ3) is 4.21. The smallest absolute Gasteiger partial charge is 0.267 e. The first kappa shape index (κ1) is 18.4. The van der Waals surface area contributed by atoms with E-state index in [0.29, 0.717) is 21.3 Å². The van der Waals surface area contributed by atoms with Gasteiger partial charge in [-0.3, -0.25) is 9.52 Å². The molecule has 0 saturated carbocycles. The summed E-state index contributed by atoms with van der Waals surface area (Å²) in [4.78, 5) is 17.0. The zero-order valence-corrected chi connectivity index (χ0v) is 16.0. The average molecular weight is 408 g/mol. The van der Waals surface area contributed by atoms with Crippen LogP contribution in [0.2, 0.25) is 5.02 Å². The maximum Gasteiger partial charge on any atom is 0.267 e. The van der Waals surface area contributed by atoms with Crippen molar-refractivity contribution in [2.75, 3.05) is 10.0 Å². The average Bonchev–Trinajstić information content (AvgIpc) is 2.97. The van der Waals surface area contributed by atoms with Crippen molar-refractivity contribution in [3.05, 3.63) is 70.2 Å². The second-order valence-corrected chi connectivity index (χ2v) is 8.43. The standard InChI is InChI=1S/C17H14ClN3O3S2/c1-11-15(16(22)20-13-9-7-12(18)8-10-13)25-17(19-11)21-26(23,24)14-5-3-2-4-6-14/h2-10H,1H3,(H,19,21)(H,20,22). The molecule has 134 valence electrons. The van der Waals surface area contributed by atoms with E-state index >= 15 is 0 Å². The number of thiazole rings is 1. The molecule has 0 aliphatic carbocycles. The first-order valence-electron chi connectivity index (χ1n) is 7.47. The van der Waals surface area contributed by atoms with Crippen LogP contribution in [0.1, 0.15) is 15.4 Å². The van der Waals surface area contributed by atoms with Crippen molar-refractivity contribution in [2.24, 2.45) is 0 Å². The number of hydrogen-bond acceptors (Lipinski definition) is 5. The lowest BCUT2D eigenvalue weighted by molar-refractivity contribution is 0.103. The number of anilines is 2. The van der Waals surface area contributed by atoms with E-state index in [-0.39, 0.29) is 15.9 Å². The summed E-state index contributed by atoms with van der Waals surface area (Å²) in [5.41, 5.74) is 1.02. The molecular weight excluding hydrogens is 394 g/mol. The summed E-state index contributed by atoms with van der Waals surface area (Å²) in [6, 6.07) is 14.6. The van der Waals surface area contributed by atoms with Crippen LogP contribution in [0.4, 0.5) is 10.8 Å². The molecule has 0 aliphatic rings. The van der Waals surface area contributed by atoms with Crippen LogP contribution >= 0.6 is 22.9 Å². The van der Waals surface area contributed by atoms with Gasteiger partial charge in [0.25, 0.3) is 15.9 Å². The van der Waals surface area contributed by atoms with Gasteiger partial charge in [-0.05, 0) is 43.3 Å². The Hall–Kier alpha value is -2.42. The van der Waals surface area contributed by atoms with E-state index in [4.69, 9.17) is 11.6 Å². The van der Waals surface area contributed by atoms with Crippen LogP contribution in [0.25, 0.3) is 0 Å². The molecule has 0 spiro atoms. The van der Waals surface area contributed by atoms with Crippen molar-refractivity contribution in [3.63, 3.8) is 0 Å². The van der Waals surface area contributed by atoms with Crippen LogP contribution in [0.15, 0.2) is 59.5 Å². The minimum Gasteiger partial charge on any atom is -0.321 e. The molecule has 0 aliphatic heterocycles. The van der Waals surface area contributed by atoms with Gasteiger partial charge in [-0.1, -0.05) is 41.1 Å². The van der Waals surface area contributed by atoms with Gasteiger partial charge < -0.3 is 5.32 Å². The van der Waals surface area contributed by atoms with Crippen molar-refractivity contribution >= 4 is 49.7 Å². The highest BCUT2D eigenvalue weighted by Crippen LogP contribution is 2.26. The van der Waals surface area contributed by atoms with Gasteiger partial charge in [-0.25, -0.2) is 13.4 Å². The third-order valence-corrected chi connectivity index (χ3v) is 6.19. The van der Waals surface area contributed by atoms with Crippen LogP contribution in [0, 0.1) is 6.92 Å². The van der Waals surface area contributed by atoms with Gasteiger partial charge in [0, 0.05) is 10.7 Å². The number of nitrogens with one attached hydrogen (secondary N) is 2. The van der Waals surface area contributed by atoms with Gasteiger partial charge in [-0.2, -0.15) is 0 Å². The normalized spacial score (nSPS) is 11.2. The van der Waals surface area contributed by atoms with Gasteiger partial charge in [0.05, 0.1) is 10.6 Å². The largest absolute Gasteiger partial charge is 0.321 e. The molecule has 0 bridgehead atoms. The molecule has 3 aromatic rings. The first-order chi connectivity index (χ1) is 12.3. The second kappa shape index (κ2) is 7.45. The van der Waals surface area contributed by atoms with Crippen molar-refractivity contribution < 1.29 is 13.2 Å². The summed E-state index contributed by atoms with van der Waals surface area (Å²) >= 11 is 6.79. The number of amides is 1. The summed E-state index contributed by atoms with van der Waals surface area (Å²) in [5.74, 6) is -0.368. The summed E-state index contributed by atoms with van der Waals surface area (Å²) in [7, 11) is -3.75. The number of carbonyl (C=O) groups is 1. The molecule has 0 fully saturated rings. The van der Waals surface area contributed by atoms with E-state index in [2.05, 4.69) is 15.0 Å². The van der Waals surface area contributed by atoms with E-state index in [1.807, 2.05) is 0 Å². The van der Waals surface area contributed by atoms with Crippen molar-refractivity contribution in [1.29, 1.82) is 0 Å². The number of hydrogen-bond donors (Lipinski definition) is 2. The van der Waals surface area contributed by atoms with Gasteiger partial charge in [0.2, 0.25) is 0 Å². The number of benzene rings is 2. The monoisotopic (exact) mass is 407 g/mol. The molecule has 9 heteroatoms. The number of halogens is 1. The van der Waals surface area contributed by atoms with Gasteiger partial charge in [-0.15, -0.1) is 0 Å². The van der Waals surface area contributed by atoms with Crippen molar-refractivity contribution in [1.82, 2.24) is 4.98 Å². The van der Waals surface area contributed by atoms with Crippen molar-refractivity contribution in [2.45, 2.75) is 11.8 Å². The Morgan fingerprint density at radius 3 is 2.38 bits per heavy atom. The van der Waals surface area contributed by atoms with Crippen LogP contribution < -0.4 is 10.0 Å². The quantitative estimate of drug-likeness (QED) is 0.664. The van der Waals surface area contributed by atoms with E-state index < -0.39 is 10.0 Å². The number of nitrogens with zero attached hydrogens (tertiary/aromatic N) is 1. The molecule has 2 N–H and O–H groups in total. The Morgan fingerprint density at radius 2 is 1.73 bits per heavy atom. The zero-order valence-electron chi connectivity index (χ0n) is 13.6. The zero-order chi connectivity index (χ0) is 18.7. The molecule has 0 unspecified atom stereocenters. The Labute approximate surface area is 159 Å². The van der Waals surface area contributed by atoms with Gasteiger partial charge in [0.1, 0.15) is 4.88 Å². The fourth-order valence-corrected chi connectivity index (χ4v) is 4.39. The Morgan fingerprint density at radius 1 is 1.08 bits per heavy atom. The summed E-state index contributed by atoms with van der Waals surface area (Å²) in [6.07, 6.45) is 0. The molecule has 1 heterocycles. The lowest BCUT2D eigenvalue weighted by Crippen LogP contribution is -2.12. The number of sulfonamides is 1. The van der Waals surface area contributed by atoms with Crippen LogP contribution in [0.3, 0.4) is 0 Å². The van der Waals surface area contributed by atoms with E-state index in [1.54, 1.807) is 49.4 Å². The molecule has 0 saturated heterocycles. The topological polar surface area (TPSA) is 88.2 Å². The SMILES string of the molecule is Cc1nc(NS(=O)(=O)c2ccccc2)sc1C(=O)Nc1ccc(Cl)cc1. The Kier molecular flexibility index (Phi) is 5.26. The molecule has 0 radical (unpaired) electrons. The summed E-state index contributed by atoms with van der Waals surface area (Å²) in [6.45, 7) is 1.65. The number of aryl methyl sites for hydroxylation is 1. The maximum atomic E-state index is 12.4. The summed E-state index contributed by atoms with van der Waals surface area (Å²) in [5, 5.41) is 3.43. The minimum absolute atomic E-state index is 0.125. The molecule has 2 aromatic carbocycles. The fraction of sp³-hybridized carbons (Fsp3) is 0.0588. The van der Waals surface area contributed by atoms with E-state index in [1.165, 1.54) is 12.1 Å². The lowest BCUT2D eigenvalue weighted by atomic mass is 10.3. The number of carbonyl (C=O) groups excluding carboxylic acids is 1. The molecule has 0 atom stereocenters. The molecule has 3 rings (SSSR count). The highest BCUT2D eigenvalue weighted by molar-refractivity contribution is 7.93. The second-order valence-electron chi connectivity index (χ2n) is 5.31. The molecule has 26 heavy (non-hydrogen) atoms. The number of rotatable bonds is 5. The van der Waals surface area contributed by atoms with Crippen LogP contribution in [-0.2, 0) is 10.0 Å². The summed E-state index contributed by atoms with van der Waals surface area (Å²) < 4.78 is 27.1. The van der Waals surface area contributed by atoms with Crippen LogP contribution in [-0.4, -0.2) is 19.3 Å². The third-order valence-electron chi connectivity index (χ3n) is 3.38. The fourth-order valence-electron chi connectivity index (χ4n) is 2.15. The van der Waals surface area contributed by atoms with Gasteiger partial charge >= 0.3 is 0 Å². The van der Waals surface area contributed by atoms with E-state index in [0.717, 1.165) is 11.3 Å². The first-order valence-corrected chi connectivity index (χ1v) is 10.1. The van der Waals surface area contributed by atoms with Gasteiger partial charge in [0.15, 0.2) is 5.13 Å². The molecular formula is C17H14ClN3O3S2. The predicted octanol–water partition coefficient (Wildman–Crippen LogP) is 4.16. The highest BCUT2D eigenvalue weighted by atomic mass is 35.5. The van der Waals surface area contributed by atoms with Crippen molar-refractivity contribution in [3.8, 4) is 0 Å². The predicted molar refractivity (Wildman–Crippen MR) is 104 cm³/mol. The number of aromatic nitrogens is 1. The lowest BCUT2D eigenvalue weighted by Gasteiger charge is -2.04. The molecule has 1 amide bonds.